The van der Waals surface area contributed by atoms with Crippen LogP contribution in [0.4, 0.5) is 0 Å². The van der Waals surface area contributed by atoms with E-state index in [1.54, 1.807) is 12.0 Å². The molecular weight excluding hydrogens is 388 g/mol. The van der Waals surface area contributed by atoms with Gasteiger partial charge in [-0.25, -0.2) is 0 Å². The molecule has 0 saturated heterocycles. The van der Waals surface area contributed by atoms with Gasteiger partial charge in [-0.15, -0.1) is 0 Å². The standard InChI is InChI=1S/C26H36N2O3/c1-7-24(26(30)27-16-18(2)3)28(17-21-9-8-10-23(14-21)31-6)25(29)15-22-12-19(4)11-20(5)13-22/h8-14,18,24H,7,15-17H2,1-6H3,(H,27,30). The van der Waals surface area contributed by atoms with Crippen molar-refractivity contribution in [3.8, 4) is 5.75 Å². The summed E-state index contributed by atoms with van der Waals surface area (Å²) in [4.78, 5) is 28.1. The monoisotopic (exact) mass is 424 g/mol. The van der Waals surface area contributed by atoms with E-state index in [4.69, 9.17) is 4.74 Å². The van der Waals surface area contributed by atoms with Crippen molar-refractivity contribution in [2.45, 2.75) is 60.0 Å². The summed E-state index contributed by atoms with van der Waals surface area (Å²) in [6.07, 6.45) is 0.812. The van der Waals surface area contributed by atoms with Gasteiger partial charge < -0.3 is 15.0 Å². The Kier molecular flexibility index (Phi) is 9.10. The number of nitrogens with one attached hydrogen (secondary N) is 1. The van der Waals surface area contributed by atoms with E-state index in [1.807, 2.05) is 57.2 Å². The molecule has 0 aliphatic rings. The van der Waals surface area contributed by atoms with Crippen molar-refractivity contribution in [2.24, 2.45) is 5.92 Å². The Hall–Kier alpha value is -2.82. The van der Waals surface area contributed by atoms with Crippen molar-refractivity contribution >= 4 is 11.8 Å². The second-order valence-electron chi connectivity index (χ2n) is 8.61. The number of ether oxygens (including phenoxy) is 1. The van der Waals surface area contributed by atoms with Crippen LogP contribution in [0.2, 0.25) is 0 Å². The lowest BCUT2D eigenvalue weighted by atomic mass is 10.0. The highest BCUT2D eigenvalue weighted by atomic mass is 16.5. The molecular formula is C26H36N2O3. The first kappa shape index (κ1) is 24.4. The maximum Gasteiger partial charge on any atom is 0.242 e. The lowest BCUT2D eigenvalue weighted by Gasteiger charge is -2.31. The minimum atomic E-state index is -0.525. The summed E-state index contributed by atoms with van der Waals surface area (Å²) in [5, 5.41) is 3.00. The molecule has 0 heterocycles. The topological polar surface area (TPSA) is 58.6 Å². The Morgan fingerprint density at radius 1 is 1.03 bits per heavy atom. The van der Waals surface area contributed by atoms with E-state index in [0.29, 0.717) is 25.4 Å². The molecule has 0 fully saturated rings. The van der Waals surface area contributed by atoms with E-state index in [0.717, 1.165) is 28.0 Å². The Morgan fingerprint density at radius 3 is 2.29 bits per heavy atom. The van der Waals surface area contributed by atoms with Gasteiger partial charge in [-0.1, -0.05) is 62.2 Å². The third-order valence-electron chi connectivity index (χ3n) is 5.19. The van der Waals surface area contributed by atoms with E-state index in [-0.39, 0.29) is 18.2 Å². The zero-order chi connectivity index (χ0) is 23.0. The van der Waals surface area contributed by atoms with Crippen LogP contribution in [0.1, 0.15) is 49.4 Å². The number of methoxy groups -OCH3 is 1. The third kappa shape index (κ3) is 7.42. The average Bonchev–Trinajstić information content (AvgIpc) is 2.71. The molecule has 0 bridgehead atoms. The summed E-state index contributed by atoms with van der Waals surface area (Å²) in [6.45, 7) is 11.1. The molecule has 5 heteroatoms. The molecule has 2 aromatic rings. The largest absolute Gasteiger partial charge is 0.497 e. The van der Waals surface area contributed by atoms with Crippen LogP contribution in [0.25, 0.3) is 0 Å². The average molecular weight is 425 g/mol. The molecule has 5 nitrogen and oxygen atoms in total. The van der Waals surface area contributed by atoms with Crippen LogP contribution in [0, 0.1) is 19.8 Å². The van der Waals surface area contributed by atoms with E-state index in [1.165, 1.54) is 0 Å². The fraction of sp³-hybridized carbons (Fsp3) is 0.462. The van der Waals surface area contributed by atoms with Crippen molar-refractivity contribution in [3.05, 3.63) is 64.7 Å². The van der Waals surface area contributed by atoms with E-state index < -0.39 is 6.04 Å². The minimum absolute atomic E-state index is 0.0561. The second kappa shape index (κ2) is 11.5. The molecule has 0 spiro atoms. The van der Waals surface area contributed by atoms with Gasteiger partial charge in [0.1, 0.15) is 11.8 Å². The van der Waals surface area contributed by atoms with Gasteiger partial charge in [0.15, 0.2) is 0 Å². The maximum atomic E-state index is 13.5. The number of carbonyl (C=O) groups is 2. The highest BCUT2D eigenvalue weighted by Gasteiger charge is 2.28. The highest BCUT2D eigenvalue weighted by molar-refractivity contribution is 5.88. The zero-order valence-electron chi connectivity index (χ0n) is 19.7. The Balaban J connectivity index is 2.32. The van der Waals surface area contributed by atoms with Crippen LogP contribution in [-0.2, 0) is 22.6 Å². The number of amides is 2. The second-order valence-corrected chi connectivity index (χ2v) is 8.61. The molecule has 1 N–H and O–H groups in total. The molecule has 31 heavy (non-hydrogen) atoms. The van der Waals surface area contributed by atoms with Gasteiger partial charge in [-0.05, 0) is 49.4 Å². The fourth-order valence-corrected chi connectivity index (χ4v) is 3.76. The van der Waals surface area contributed by atoms with Gasteiger partial charge in [0.05, 0.1) is 13.5 Å². The molecule has 1 atom stereocenters. The third-order valence-corrected chi connectivity index (χ3v) is 5.19. The van der Waals surface area contributed by atoms with Crippen LogP contribution in [0.15, 0.2) is 42.5 Å². The first-order valence-corrected chi connectivity index (χ1v) is 11.0. The number of rotatable bonds is 10. The molecule has 2 aromatic carbocycles. The van der Waals surface area contributed by atoms with E-state index >= 15 is 0 Å². The quantitative estimate of drug-likeness (QED) is 0.614. The van der Waals surface area contributed by atoms with Crippen LogP contribution in [-0.4, -0.2) is 36.4 Å². The summed E-state index contributed by atoms with van der Waals surface area (Å²) in [5.41, 5.74) is 4.16. The van der Waals surface area contributed by atoms with Crippen LogP contribution >= 0.6 is 0 Å². The first-order valence-electron chi connectivity index (χ1n) is 11.0. The summed E-state index contributed by atoms with van der Waals surface area (Å²) in [5.74, 6) is 0.919. The predicted molar refractivity (Wildman–Crippen MR) is 125 cm³/mol. The van der Waals surface area contributed by atoms with E-state index in [9.17, 15) is 9.59 Å². The van der Waals surface area contributed by atoms with Crippen molar-refractivity contribution in [1.82, 2.24) is 10.2 Å². The smallest absolute Gasteiger partial charge is 0.242 e. The van der Waals surface area contributed by atoms with Crippen molar-refractivity contribution in [2.75, 3.05) is 13.7 Å². The number of hydrogen-bond donors (Lipinski definition) is 1. The molecule has 0 aromatic heterocycles. The SMILES string of the molecule is CCC(C(=O)NCC(C)C)N(Cc1cccc(OC)c1)C(=O)Cc1cc(C)cc(C)c1. The lowest BCUT2D eigenvalue weighted by molar-refractivity contribution is -0.141. The number of nitrogens with zero attached hydrogens (tertiary/aromatic N) is 1. The molecule has 2 amide bonds. The van der Waals surface area contributed by atoms with Gasteiger partial charge in [0.25, 0.3) is 0 Å². The fourth-order valence-electron chi connectivity index (χ4n) is 3.76. The van der Waals surface area contributed by atoms with Crippen LogP contribution in [0.5, 0.6) is 5.75 Å². The van der Waals surface area contributed by atoms with Crippen molar-refractivity contribution in [3.63, 3.8) is 0 Å². The van der Waals surface area contributed by atoms with Gasteiger partial charge >= 0.3 is 0 Å². The zero-order valence-corrected chi connectivity index (χ0v) is 19.7. The molecule has 1 unspecified atom stereocenters. The van der Waals surface area contributed by atoms with Gasteiger partial charge in [-0.2, -0.15) is 0 Å². The minimum Gasteiger partial charge on any atom is -0.497 e. The first-order chi connectivity index (χ1) is 14.7. The summed E-state index contributed by atoms with van der Waals surface area (Å²) in [7, 11) is 1.62. The Labute approximate surface area is 186 Å². The highest BCUT2D eigenvalue weighted by Crippen LogP contribution is 2.19. The molecule has 2 rings (SSSR count). The van der Waals surface area contributed by atoms with Crippen molar-refractivity contribution in [1.29, 1.82) is 0 Å². The van der Waals surface area contributed by atoms with E-state index in [2.05, 4.69) is 25.2 Å². The van der Waals surface area contributed by atoms with Gasteiger partial charge in [0, 0.05) is 13.1 Å². The number of hydrogen-bond acceptors (Lipinski definition) is 3. The molecule has 0 saturated carbocycles. The molecule has 168 valence electrons. The van der Waals surface area contributed by atoms with Gasteiger partial charge in [-0.3, -0.25) is 9.59 Å². The molecule has 0 aliphatic carbocycles. The summed E-state index contributed by atoms with van der Waals surface area (Å²) >= 11 is 0. The number of benzene rings is 2. The van der Waals surface area contributed by atoms with Crippen LogP contribution in [0.3, 0.4) is 0 Å². The Bertz CT molecular complexity index is 872. The number of aryl methyl sites for hydroxylation is 2. The lowest BCUT2D eigenvalue weighted by Crippen LogP contribution is -2.50. The van der Waals surface area contributed by atoms with Crippen molar-refractivity contribution < 1.29 is 14.3 Å². The normalized spacial score (nSPS) is 11.8. The predicted octanol–water partition coefficient (Wildman–Crippen LogP) is 4.43. The van der Waals surface area contributed by atoms with Gasteiger partial charge in [0.2, 0.25) is 11.8 Å². The molecule has 0 aliphatic heterocycles. The maximum absolute atomic E-state index is 13.5. The summed E-state index contributed by atoms with van der Waals surface area (Å²) in [6, 6.07) is 13.3. The van der Waals surface area contributed by atoms with Crippen LogP contribution < -0.4 is 10.1 Å². The number of carbonyl (C=O) groups excluding carboxylic acids is 2. The summed E-state index contributed by atoms with van der Waals surface area (Å²) < 4.78 is 5.34. The Morgan fingerprint density at radius 2 is 1.71 bits per heavy atom. The molecule has 0 radical (unpaired) electrons.